The number of pyridine rings is 1. The molecule has 0 saturated heterocycles. The maximum atomic E-state index is 5.89. The summed E-state index contributed by atoms with van der Waals surface area (Å²) in [6.07, 6.45) is 3.51. The Labute approximate surface area is 132 Å². The van der Waals surface area contributed by atoms with Gasteiger partial charge in [0.1, 0.15) is 0 Å². The van der Waals surface area contributed by atoms with Crippen molar-refractivity contribution in [2.45, 2.75) is 10.9 Å². The number of benzene rings is 1. The van der Waals surface area contributed by atoms with Crippen molar-refractivity contribution < 1.29 is 0 Å². The second-order valence-electron chi connectivity index (χ2n) is 4.52. The number of hydrogen-bond acceptors (Lipinski definition) is 4. The van der Waals surface area contributed by atoms with Crippen LogP contribution in [-0.2, 0) is 12.8 Å². The number of hydrogen-bond donors (Lipinski definition) is 0. The van der Waals surface area contributed by atoms with Crippen LogP contribution in [0.25, 0.3) is 11.4 Å². The smallest absolute Gasteiger partial charge is 0.191 e. The first-order chi connectivity index (χ1) is 10.2. The summed E-state index contributed by atoms with van der Waals surface area (Å²) in [6, 6.07) is 11.7. The lowest BCUT2D eigenvalue weighted by Crippen LogP contribution is -1.95. The van der Waals surface area contributed by atoms with Gasteiger partial charge in [0.05, 0.1) is 0 Å². The van der Waals surface area contributed by atoms with E-state index in [9.17, 15) is 0 Å². The normalized spacial score (nSPS) is 10.8. The molecule has 21 heavy (non-hydrogen) atoms. The molecule has 0 atom stereocenters. The van der Waals surface area contributed by atoms with Crippen molar-refractivity contribution in [1.82, 2.24) is 19.7 Å². The lowest BCUT2D eigenvalue weighted by atomic mass is 10.2. The van der Waals surface area contributed by atoms with Gasteiger partial charge in [-0.05, 0) is 29.8 Å². The van der Waals surface area contributed by atoms with Crippen molar-refractivity contribution >= 4 is 23.4 Å². The van der Waals surface area contributed by atoms with Gasteiger partial charge in [0.15, 0.2) is 11.0 Å². The second kappa shape index (κ2) is 6.28. The predicted molar refractivity (Wildman–Crippen MR) is 85.2 cm³/mol. The zero-order valence-electron chi connectivity index (χ0n) is 11.4. The van der Waals surface area contributed by atoms with Gasteiger partial charge in [-0.15, -0.1) is 10.2 Å². The van der Waals surface area contributed by atoms with E-state index in [1.165, 1.54) is 5.56 Å². The maximum absolute atomic E-state index is 5.89. The quantitative estimate of drug-likeness (QED) is 0.686. The van der Waals surface area contributed by atoms with Crippen LogP contribution in [-0.4, -0.2) is 19.7 Å². The highest BCUT2D eigenvalue weighted by Gasteiger charge is 2.10. The van der Waals surface area contributed by atoms with E-state index in [4.69, 9.17) is 11.6 Å². The third kappa shape index (κ3) is 3.25. The van der Waals surface area contributed by atoms with Crippen molar-refractivity contribution in [2.75, 3.05) is 0 Å². The summed E-state index contributed by atoms with van der Waals surface area (Å²) in [7, 11) is 1.97. The van der Waals surface area contributed by atoms with Gasteiger partial charge in [0, 0.05) is 35.8 Å². The topological polar surface area (TPSA) is 43.6 Å². The fraction of sp³-hybridized carbons (Fsp3) is 0.133. The molecule has 3 aromatic rings. The molecule has 1 aromatic carbocycles. The lowest BCUT2D eigenvalue weighted by molar-refractivity contribution is 0.793. The molecule has 0 aliphatic heterocycles. The fourth-order valence-corrected chi connectivity index (χ4v) is 2.91. The SMILES string of the molecule is Cn1c(SCc2ccc(Cl)cc2)nnc1-c1ccncc1. The van der Waals surface area contributed by atoms with Crippen LogP contribution in [0, 0.1) is 0 Å². The lowest BCUT2D eigenvalue weighted by Gasteiger charge is -2.04. The summed E-state index contributed by atoms with van der Waals surface area (Å²) in [5.41, 5.74) is 2.22. The molecule has 0 aliphatic carbocycles. The third-order valence-corrected chi connectivity index (χ3v) is 4.40. The van der Waals surface area contributed by atoms with E-state index in [-0.39, 0.29) is 0 Å². The number of aromatic nitrogens is 4. The summed E-state index contributed by atoms with van der Waals surface area (Å²) in [5.74, 6) is 1.68. The van der Waals surface area contributed by atoms with Crippen LogP contribution in [0.15, 0.2) is 53.9 Å². The van der Waals surface area contributed by atoms with Gasteiger partial charge < -0.3 is 4.57 Å². The first-order valence-corrected chi connectivity index (χ1v) is 7.77. The van der Waals surface area contributed by atoms with E-state index in [0.717, 1.165) is 27.3 Å². The van der Waals surface area contributed by atoms with Gasteiger partial charge >= 0.3 is 0 Å². The first kappa shape index (κ1) is 14.1. The monoisotopic (exact) mass is 316 g/mol. The minimum Gasteiger partial charge on any atom is -0.305 e. The molecule has 0 radical (unpaired) electrons. The number of nitrogens with zero attached hydrogens (tertiary/aromatic N) is 4. The van der Waals surface area contributed by atoms with Crippen molar-refractivity contribution in [3.63, 3.8) is 0 Å². The van der Waals surface area contributed by atoms with Crippen molar-refractivity contribution in [3.05, 3.63) is 59.4 Å². The van der Waals surface area contributed by atoms with E-state index in [1.54, 1.807) is 24.2 Å². The van der Waals surface area contributed by atoms with Crippen molar-refractivity contribution in [1.29, 1.82) is 0 Å². The van der Waals surface area contributed by atoms with Gasteiger partial charge in [0.2, 0.25) is 0 Å². The van der Waals surface area contributed by atoms with Crippen molar-refractivity contribution in [3.8, 4) is 11.4 Å². The molecule has 2 heterocycles. The van der Waals surface area contributed by atoms with E-state index >= 15 is 0 Å². The van der Waals surface area contributed by atoms with Crippen LogP contribution in [0.3, 0.4) is 0 Å². The molecule has 0 saturated carbocycles. The predicted octanol–water partition coefficient (Wildman–Crippen LogP) is 3.82. The highest BCUT2D eigenvalue weighted by atomic mass is 35.5. The van der Waals surface area contributed by atoms with Crippen LogP contribution in [0.2, 0.25) is 5.02 Å². The van der Waals surface area contributed by atoms with Gasteiger partial charge in [-0.2, -0.15) is 0 Å². The van der Waals surface area contributed by atoms with Crippen LogP contribution >= 0.6 is 23.4 Å². The summed E-state index contributed by atoms with van der Waals surface area (Å²) >= 11 is 7.54. The van der Waals surface area contributed by atoms with E-state index in [0.29, 0.717) is 0 Å². The molecule has 3 rings (SSSR count). The Morgan fingerprint density at radius 3 is 2.48 bits per heavy atom. The Hall–Kier alpha value is -1.85. The average Bonchev–Trinajstić information content (AvgIpc) is 2.89. The minimum atomic E-state index is 0.752. The summed E-state index contributed by atoms with van der Waals surface area (Å²) in [4.78, 5) is 4.02. The molecule has 0 N–H and O–H groups in total. The molecule has 0 fully saturated rings. The Morgan fingerprint density at radius 2 is 1.76 bits per heavy atom. The van der Waals surface area contributed by atoms with Crippen molar-refractivity contribution in [2.24, 2.45) is 7.05 Å². The van der Waals surface area contributed by atoms with Crippen LogP contribution in [0.5, 0.6) is 0 Å². The molecule has 4 nitrogen and oxygen atoms in total. The summed E-state index contributed by atoms with van der Waals surface area (Å²) in [5, 5.41) is 10.1. The molecule has 0 aliphatic rings. The van der Waals surface area contributed by atoms with Crippen LogP contribution in [0.1, 0.15) is 5.56 Å². The van der Waals surface area contributed by atoms with Gasteiger partial charge in [-0.1, -0.05) is 35.5 Å². The highest BCUT2D eigenvalue weighted by Crippen LogP contribution is 2.25. The van der Waals surface area contributed by atoms with Gasteiger partial charge in [-0.3, -0.25) is 4.98 Å². The second-order valence-corrected chi connectivity index (χ2v) is 5.90. The summed E-state index contributed by atoms with van der Waals surface area (Å²) in [6.45, 7) is 0. The largest absolute Gasteiger partial charge is 0.305 e. The highest BCUT2D eigenvalue weighted by molar-refractivity contribution is 7.98. The average molecular weight is 317 g/mol. The van der Waals surface area contributed by atoms with E-state index < -0.39 is 0 Å². The molecule has 0 bridgehead atoms. The molecule has 2 aromatic heterocycles. The minimum absolute atomic E-state index is 0.752. The number of rotatable bonds is 4. The molecule has 6 heteroatoms. The molecule has 0 unspecified atom stereocenters. The van der Waals surface area contributed by atoms with E-state index in [2.05, 4.69) is 15.2 Å². The Balaban J connectivity index is 1.75. The van der Waals surface area contributed by atoms with Crippen LogP contribution < -0.4 is 0 Å². The standard InChI is InChI=1S/C15H13ClN4S/c1-20-14(12-6-8-17-9-7-12)18-19-15(20)21-10-11-2-4-13(16)5-3-11/h2-9H,10H2,1H3. The Bertz CT molecular complexity index is 725. The molecular formula is C15H13ClN4S. The summed E-state index contributed by atoms with van der Waals surface area (Å²) < 4.78 is 2.00. The van der Waals surface area contributed by atoms with Gasteiger partial charge in [-0.25, -0.2) is 0 Å². The van der Waals surface area contributed by atoms with Gasteiger partial charge in [0.25, 0.3) is 0 Å². The van der Waals surface area contributed by atoms with Crippen LogP contribution in [0.4, 0.5) is 0 Å². The Kier molecular flexibility index (Phi) is 4.22. The Morgan fingerprint density at radius 1 is 1.05 bits per heavy atom. The maximum Gasteiger partial charge on any atom is 0.191 e. The molecule has 106 valence electrons. The molecule has 0 spiro atoms. The number of thioether (sulfide) groups is 1. The third-order valence-electron chi connectivity index (χ3n) is 3.05. The molecular weight excluding hydrogens is 304 g/mol. The fourth-order valence-electron chi connectivity index (χ4n) is 1.92. The molecule has 0 amide bonds. The zero-order valence-corrected chi connectivity index (χ0v) is 13.0. The first-order valence-electron chi connectivity index (χ1n) is 6.41. The number of halogens is 1. The zero-order chi connectivity index (χ0) is 14.7. The van der Waals surface area contributed by atoms with E-state index in [1.807, 2.05) is 48.0 Å².